The smallest absolute Gasteiger partial charge is 0.329 e. The number of para-hydroxylation sites is 1. The van der Waals surface area contributed by atoms with Crippen LogP contribution in [0, 0.1) is 11.8 Å². The van der Waals surface area contributed by atoms with Crippen molar-refractivity contribution < 1.29 is 24.0 Å². The molecule has 13 heteroatoms. The number of imide groups is 1. The van der Waals surface area contributed by atoms with Gasteiger partial charge in [0, 0.05) is 33.0 Å². The molecule has 1 aromatic heterocycles. The summed E-state index contributed by atoms with van der Waals surface area (Å²) in [6, 6.07) is 3.63. The minimum absolute atomic E-state index is 0.0254. The summed E-state index contributed by atoms with van der Waals surface area (Å²) < 4.78 is 3.14. The van der Waals surface area contributed by atoms with Crippen LogP contribution in [-0.4, -0.2) is 68.7 Å². The molecule has 13 nitrogen and oxygen atoms in total. The Balaban J connectivity index is 1.13. The maximum atomic E-state index is 13.8. The van der Waals surface area contributed by atoms with Gasteiger partial charge in [0.1, 0.15) is 12.1 Å². The molecule has 0 radical (unpaired) electrons. The zero-order valence-electron chi connectivity index (χ0n) is 28.1. The minimum atomic E-state index is -0.885. The van der Waals surface area contributed by atoms with Crippen molar-refractivity contribution in [2.75, 3.05) is 13.1 Å². The van der Waals surface area contributed by atoms with Gasteiger partial charge in [-0.3, -0.25) is 38.4 Å². The van der Waals surface area contributed by atoms with E-state index in [0.717, 1.165) is 81.7 Å². The molecule has 2 aromatic rings. The lowest BCUT2D eigenvalue weighted by Crippen LogP contribution is -2.57. The van der Waals surface area contributed by atoms with Crippen LogP contribution >= 0.6 is 0 Å². The van der Waals surface area contributed by atoms with Crippen LogP contribution in [0.25, 0.3) is 11.0 Å². The summed E-state index contributed by atoms with van der Waals surface area (Å²) in [6.07, 6.45) is 11.3. The second-order valence-corrected chi connectivity index (χ2v) is 14.0. The number of piperidine rings is 2. The Hall–Kier alpha value is -4.00. The second-order valence-electron chi connectivity index (χ2n) is 14.0. The van der Waals surface area contributed by atoms with Gasteiger partial charge in [-0.1, -0.05) is 44.2 Å². The standard InChI is InChI=1S/C35H51N7O6/c1-40-31-24(12-7-13-26(31)42(35(40)48)27-15-17-29(44)38-33(27)46)11-6-5-8-22-18-20-41(21-19-22)34(47)30(23-9-3-2-4-10-23)39-32(45)25(36)14-16-28(37)43/h7,12-13,22-23,25,27,30H,2-6,8-11,14-21,36H2,1H3,(H2,37,43)(H,39,45)(H,38,44,46). The van der Waals surface area contributed by atoms with Gasteiger partial charge < -0.3 is 21.7 Å². The molecule has 1 saturated carbocycles. The molecule has 2 aliphatic heterocycles. The van der Waals surface area contributed by atoms with Crippen molar-refractivity contribution in [2.45, 2.75) is 114 Å². The van der Waals surface area contributed by atoms with E-state index in [2.05, 4.69) is 10.6 Å². The van der Waals surface area contributed by atoms with Gasteiger partial charge in [0.25, 0.3) is 0 Å². The normalized spacial score (nSPS) is 20.8. The predicted octanol–water partition coefficient (Wildman–Crippen LogP) is 1.93. The van der Waals surface area contributed by atoms with E-state index in [1.165, 1.54) is 4.57 Å². The fraction of sp³-hybridized carbons (Fsp3) is 0.657. The van der Waals surface area contributed by atoms with Gasteiger partial charge in [0.2, 0.25) is 29.5 Å². The molecular weight excluding hydrogens is 614 g/mol. The fourth-order valence-corrected chi connectivity index (χ4v) is 7.88. The highest BCUT2D eigenvalue weighted by molar-refractivity contribution is 6.00. The molecular formula is C35H51N7O6. The number of unbranched alkanes of at least 4 members (excludes halogenated alkanes) is 1. The quantitative estimate of drug-likeness (QED) is 0.186. The number of nitrogens with zero attached hydrogens (tertiary/aromatic N) is 3. The monoisotopic (exact) mass is 665 g/mol. The molecule has 2 saturated heterocycles. The molecule has 3 unspecified atom stereocenters. The summed E-state index contributed by atoms with van der Waals surface area (Å²) in [5.74, 6) is -1.09. The Morgan fingerprint density at radius 2 is 1.73 bits per heavy atom. The average molecular weight is 666 g/mol. The lowest BCUT2D eigenvalue weighted by Gasteiger charge is -2.38. The topological polar surface area (TPSA) is 192 Å². The lowest BCUT2D eigenvalue weighted by atomic mass is 9.82. The van der Waals surface area contributed by atoms with Crippen LogP contribution in [-0.2, 0) is 37.4 Å². The molecule has 3 aliphatic rings. The van der Waals surface area contributed by atoms with Gasteiger partial charge in [0.05, 0.1) is 17.1 Å². The number of rotatable bonds is 13. The Kier molecular flexibility index (Phi) is 11.7. The highest BCUT2D eigenvalue weighted by atomic mass is 16.2. The second kappa shape index (κ2) is 15.9. The first-order valence-corrected chi connectivity index (χ1v) is 17.7. The van der Waals surface area contributed by atoms with Crippen LogP contribution in [0.1, 0.15) is 101 Å². The van der Waals surface area contributed by atoms with Crippen LogP contribution in [0.4, 0.5) is 0 Å². The van der Waals surface area contributed by atoms with Crippen LogP contribution < -0.4 is 27.8 Å². The van der Waals surface area contributed by atoms with Gasteiger partial charge in [-0.2, -0.15) is 0 Å². The van der Waals surface area contributed by atoms with Crippen molar-refractivity contribution in [1.82, 2.24) is 24.7 Å². The number of carbonyl (C=O) groups excluding carboxylic acids is 5. The molecule has 5 amide bonds. The third kappa shape index (κ3) is 8.16. The number of nitrogens with two attached hydrogens (primary N) is 2. The van der Waals surface area contributed by atoms with Crippen molar-refractivity contribution in [3.63, 3.8) is 0 Å². The summed E-state index contributed by atoms with van der Waals surface area (Å²) in [5.41, 5.74) is 13.6. The molecule has 6 N–H and O–H groups in total. The first-order valence-electron chi connectivity index (χ1n) is 17.7. The van der Waals surface area contributed by atoms with Gasteiger partial charge in [0.15, 0.2) is 0 Å². The third-order valence-electron chi connectivity index (χ3n) is 10.7. The molecule has 3 fully saturated rings. The molecule has 48 heavy (non-hydrogen) atoms. The number of hydrogen-bond donors (Lipinski definition) is 4. The first kappa shape index (κ1) is 35.3. The van der Waals surface area contributed by atoms with E-state index in [0.29, 0.717) is 30.9 Å². The summed E-state index contributed by atoms with van der Waals surface area (Å²) in [6.45, 7) is 1.32. The Morgan fingerprint density at radius 3 is 2.42 bits per heavy atom. The van der Waals surface area contributed by atoms with Gasteiger partial charge in [-0.05, 0) is 74.8 Å². The number of primary amides is 1. The maximum Gasteiger partial charge on any atom is 0.329 e. The van der Waals surface area contributed by atoms with E-state index >= 15 is 0 Å². The molecule has 5 rings (SSSR count). The van der Waals surface area contributed by atoms with E-state index in [-0.39, 0.29) is 42.7 Å². The highest BCUT2D eigenvalue weighted by Gasteiger charge is 2.36. The van der Waals surface area contributed by atoms with Crippen molar-refractivity contribution in [1.29, 1.82) is 0 Å². The molecule has 0 bridgehead atoms. The zero-order valence-corrected chi connectivity index (χ0v) is 28.1. The van der Waals surface area contributed by atoms with E-state index in [9.17, 15) is 28.8 Å². The molecule has 3 heterocycles. The van der Waals surface area contributed by atoms with Crippen molar-refractivity contribution >= 4 is 40.6 Å². The molecule has 0 spiro atoms. The highest BCUT2D eigenvalue weighted by Crippen LogP contribution is 2.30. The molecule has 1 aromatic carbocycles. The lowest BCUT2D eigenvalue weighted by molar-refractivity contribution is -0.140. The van der Waals surface area contributed by atoms with Gasteiger partial charge in [-0.15, -0.1) is 0 Å². The maximum absolute atomic E-state index is 13.8. The zero-order chi connectivity index (χ0) is 34.4. The third-order valence-corrected chi connectivity index (χ3v) is 10.7. The number of likely N-dealkylation sites (tertiary alicyclic amines) is 1. The number of nitrogens with one attached hydrogen (secondary N) is 2. The minimum Gasteiger partial charge on any atom is -0.370 e. The number of aromatic nitrogens is 2. The summed E-state index contributed by atoms with van der Waals surface area (Å²) in [7, 11) is 1.73. The number of benzene rings is 1. The average Bonchev–Trinajstić information content (AvgIpc) is 3.34. The Morgan fingerprint density at radius 1 is 1.00 bits per heavy atom. The van der Waals surface area contributed by atoms with E-state index in [1.54, 1.807) is 11.6 Å². The summed E-state index contributed by atoms with van der Waals surface area (Å²) in [5, 5.41) is 5.32. The fourth-order valence-electron chi connectivity index (χ4n) is 7.88. The number of imidazole rings is 1. The van der Waals surface area contributed by atoms with Crippen LogP contribution in [0.5, 0.6) is 0 Å². The number of aryl methyl sites for hydroxylation is 2. The summed E-state index contributed by atoms with van der Waals surface area (Å²) >= 11 is 0. The first-order chi connectivity index (χ1) is 23.0. The van der Waals surface area contributed by atoms with E-state index in [1.807, 2.05) is 23.1 Å². The molecule has 262 valence electrons. The van der Waals surface area contributed by atoms with Gasteiger partial charge >= 0.3 is 5.69 Å². The van der Waals surface area contributed by atoms with Crippen molar-refractivity contribution in [2.24, 2.45) is 30.4 Å². The predicted molar refractivity (Wildman–Crippen MR) is 180 cm³/mol. The van der Waals surface area contributed by atoms with Crippen molar-refractivity contribution in [3.8, 4) is 0 Å². The number of carbonyl (C=O) groups is 5. The van der Waals surface area contributed by atoms with E-state index in [4.69, 9.17) is 11.5 Å². The SMILES string of the molecule is Cn1c(=O)n(C2CCC(=O)NC2=O)c2cccc(CCCCC3CCN(C(=O)C(NC(=O)C(N)CCC(N)=O)C4CCCCC4)CC3)c21. The van der Waals surface area contributed by atoms with Crippen LogP contribution in [0.3, 0.4) is 0 Å². The summed E-state index contributed by atoms with van der Waals surface area (Å²) in [4.78, 5) is 77.2. The Bertz CT molecular complexity index is 1570. The van der Waals surface area contributed by atoms with Crippen LogP contribution in [0.15, 0.2) is 23.0 Å². The number of fused-ring (bicyclic) bond motifs is 1. The number of amides is 5. The Labute approximate surface area is 281 Å². The van der Waals surface area contributed by atoms with E-state index < -0.39 is 35.8 Å². The largest absolute Gasteiger partial charge is 0.370 e. The van der Waals surface area contributed by atoms with Crippen LogP contribution in [0.2, 0.25) is 0 Å². The van der Waals surface area contributed by atoms with Crippen molar-refractivity contribution in [3.05, 3.63) is 34.2 Å². The van der Waals surface area contributed by atoms with Gasteiger partial charge in [-0.25, -0.2) is 4.79 Å². The molecule has 1 aliphatic carbocycles. The molecule has 3 atom stereocenters. The number of hydrogen-bond acceptors (Lipinski definition) is 7.